The lowest BCUT2D eigenvalue weighted by molar-refractivity contribution is -0.387. The van der Waals surface area contributed by atoms with Crippen molar-refractivity contribution in [3.8, 4) is 5.69 Å². The van der Waals surface area contributed by atoms with Gasteiger partial charge in [-0.3, -0.25) is 19.2 Å². The van der Waals surface area contributed by atoms with Crippen molar-refractivity contribution in [2.45, 2.75) is 18.7 Å². The minimum Gasteiger partial charge on any atom is -0.318 e. The Morgan fingerprint density at radius 3 is 2.38 bits per heavy atom. The standard InChI is InChI=1S/C27H23Cl2N5O5S/c1-18-14-20(19(2)33(18)22-12-13-23(28)24(29)15-22)16-30-31-27(35)17-32(21-8-4-3-5-9-21)40(38,39)26-11-7-6-10-25(26)34(36)37/h3-16H,17H2,1-2H3,(H,31,35)/b30-16-. The molecule has 4 aromatic rings. The maximum atomic E-state index is 13.5. The second-order valence-corrected chi connectivity index (χ2v) is 11.3. The number of hydrogen-bond acceptors (Lipinski definition) is 6. The van der Waals surface area contributed by atoms with Crippen molar-refractivity contribution in [1.29, 1.82) is 0 Å². The molecule has 1 heterocycles. The average molecular weight is 600 g/mol. The van der Waals surface area contributed by atoms with Gasteiger partial charge in [0, 0.05) is 28.7 Å². The number of aryl methyl sites for hydroxylation is 1. The Kier molecular flexibility index (Phi) is 8.58. The highest BCUT2D eigenvalue weighted by molar-refractivity contribution is 7.93. The van der Waals surface area contributed by atoms with Crippen LogP contribution >= 0.6 is 23.2 Å². The number of nitrogens with zero attached hydrogens (tertiary/aromatic N) is 4. The topological polar surface area (TPSA) is 127 Å². The molecule has 4 rings (SSSR count). The van der Waals surface area contributed by atoms with E-state index < -0.39 is 38.0 Å². The third kappa shape index (κ3) is 6.01. The SMILES string of the molecule is Cc1cc(/C=N\NC(=O)CN(c2ccccc2)S(=O)(=O)c2ccccc2[N+](=O)[O-])c(C)n1-c1ccc(Cl)c(Cl)c1. The molecule has 40 heavy (non-hydrogen) atoms. The molecule has 0 bridgehead atoms. The van der Waals surface area contributed by atoms with E-state index in [1.165, 1.54) is 30.5 Å². The molecule has 10 nitrogen and oxygen atoms in total. The van der Waals surface area contributed by atoms with Gasteiger partial charge in [-0.05, 0) is 56.3 Å². The predicted molar refractivity (Wildman–Crippen MR) is 155 cm³/mol. The van der Waals surface area contributed by atoms with Crippen LogP contribution in [0.3, 0.4) is 0 Å². The minimum absolute atomic E-state index is 0.157. The van der Waals surface area contributed by atoms with Gasteiger partial charge in [0.25, 0.3) is 21.6 Å². The minimum atomic E-state index is -4.49. The maximum Gasteiger partial charge on any atom is 0.289 e. The van der Waals surface area contributed by atoms with E-state index in [0.29, 0.717) is 15.6 Å². The summed E-state index contributed by atoms with van der Waals surface area (Å²) >= 11 is 12.2. The largest absolute Gasteiger partial charge is 0.318 e. The molecule has 0 aliphatic heterocycles. The van der Waals surface area contributed by atoms with Gasteiger partial charge in [0.15, 0.2) is 4.90 Å². The number of amides is 1. The number of halogens is 2. The number of sulfonamides is 1. The van der Waals surface area contributed by atoms with Crippen LogP contribution in [0.15, 0.2) is 88.9 Å². The van der Waals surface area contributed by atoms with E-state index in [1.807, 2.05) is 30.5 Å². The summed E-state index contributed by atoms with van der Waals surface area (Å²) in [4.78, 5) is 23.1. The third-order valence-electron chi connectivity index (χ3n) is 5.99. The fourth-order valence-corrected chi connectivity index (χ4v) is 6.01. The van der Waals surface area contributed by atoms with Crippen molar-refractivity contribution in [1.82, 2.24) is 9.99 Å². The highest BCUT2D eigenvalue weighted by Crippen LogP contribution is 2.30. The zero-order valence-corrected chi connectivity index (χ0v) is 23.6. The van der Waals surface area contributed by atoms with Crippen LogP contribution in [0.25, 0.3) is 5.69 Å². The molecule has 0 spiro atoms. The van der Waals surface area contributed by atoms with Crippen molar-refractivity contribution >= 4 is 56.7 Å². The summed E-state index contributed by atoms with van der Waals surface area (Å²) in [6.07, 6.45) is 1.44. The Morgan fingerprint density at radius 2 is 1.70 bits per heavy atom. The van der Waals surface area contributed by atoms with Crippen molar-refractivity contribution in [2.24, 2.45) is 5.10 Å². The lowest BCUT2D eigenvalue weighted by Gasteiger charge is -2.23. The van der Waals surface area contributed by atoms with E-state index in [-0.39, 0.29) is 5.69 Å². The van der Waals surface area contributed by atoms with Crippen LogP contribution in [0.5, 0.6) is 0 Å². The van der Waals surface area contributed by atoms with Crippen LogP contribution in [0.4, 0.5) is 11.4 Å². The first-order valence-electron chi connectivity index (χ1n) is 11.8. The van der Waals surface area contributed by atoms with E-state index in [1.54, 1.807) is 30.3 Å². The summed E-state index contributed by atoms with van der Waals surface area (Å²) in [6.45, 7) is 3.10. The number of carbonyl (C=O) groups excluding carboxylic acids is 1. The van der Waals surface area contributed by atoms with Gasteiger partial charge >= 0.3 is 0 Å². The van der Waals surface area contributed by atoms with Crippen LogP contribution in [0.2, 0.25) is 10.0 Å². The van der Waals surface area contributed by atoms with E-state index in [9.17, 15) is 23.3 Å². The number of carbonyl (C=O) groups is 1. The lowest BCUT2D eigenvalue weighted by atomic mass is 10.2. The number of hydrazone groups is 1. The normalized spacial score (nSPS) is 11.5. The average Bonchev–Trinajstić information content (AvgIpc) is 3.21. The Hall–Kier alpha value is -4.19. The fourth-order valence-electron chi connectivity index (χ4n) is 4.13. The highest BCUT2D eigenvalue weighted by atomic mass is 35.5. The molecule has 3 aromatic carbocycles. The molecule has 206 valence electrons. The van der Waals surface area contributed by atoms with E-state index in [0.717, 1.165) is 33.5 Å². The molecule has 0 aliphatic carbocycles. The molecule has 0 atom stereocenters. The van der Waals surface area contributed by atoms with E-state index in [2.05, 4.69) is 10.5 Å². The van der Waals surface area contributed by atoms with Crippen LogP contribution in [-0.2, 0) is 14.8 Å². The summed E-state index contributed by atoms with van der Waals surface area (Å²) in [5.74, 6) is -0.749. The number of benzene rings is 3. The van der Waals surface area contributed by atoms with Crippen molar-refractivity contribution in [3.05, 3.63) is 116 Å². The number of rotatable bonds is 9. The number of nitro benzene ring substituents is 1. The molecule has 0 radical (unpaired) electrons. The van der Waals surface area contributed by atoms with Gasteiger partial charge in [0.1, 0.15) is 6.54 Å². The third-order valence-corrected chi connectivity index (χ3v) is 8.55. The Balaban J connectivity index is 1.58. The first kappa shape index (κ1) is 28.8. The molecule has 1 amide bonds. The van der Waals surface area contributed by atoms with E-state index in [4.69, 9.17) is 23.2 Å². The Morgan fingerprint density at radius 1 is 1.02 bits per heavy atom. The molecule has 1 aromatic heterocycles. The van der Waals surface area contributed by atoms with Gasteiger partial charge in [0.05, 0.1) is 26.9 Å². The number of aromatic nitrogens is 1. The maximum absolute atomic E-state index is 13.5. The molecular weight excluding hydrogens is 577 g/mol. The molecule has 0 aliphatic rings. The van der Waals surface area contributed by atoms with Crippen molar-refractivity contribution in [3.63, 3.8) is 0 Å². The van der Waals surface area contributed by atoms with Crippen LogP contribution in [0.1, 0.15) is 17.0 Å². The second kappa shape index (κ2) is 11.9. The quantitative estimate of drug-likeness (QED) is 0.151. The molecule has 0 fully saturated rings. The van der Waals surface area contributed by atoms with Gasteiger partial charge in [-0.1, -0.05) is 53.5 Å². The fraction of sp³-hybridized carbons (Fsp3) is 0.111. The smallest absolute Gasteiger partial charge is 0.289 e. The number of anilines is 1. The number of para-hydroxylation sites is 2. The molecule has 1 N–H and O–H groups in total. The first-order chi connectivity index (χ1) is 19.0. The Labute approximate surface area is 240 Å². The van der Waals surface area contributed by atoms with Crippen LogP contribution in [0, 0.1) is 24.0 Å². The van der Waals surface area contributed by atoms with Gasteiger partial charge < -0.3 is 4.57 Å². The van der Waals surface area contributed by atoms with Gasteiger partial charge in [-0.25, -0.2) is 13.8 Å². The van der Waals surface area contributed by atoms with Gasteiger partial charge in [0.2, 0.25) is 0 Å². The highest BCUT2D eigenvalue weighted by Gasteiger charge is 2.33. The molecule has 0 unspecified atom stereocenters. The monoisotopic (exact) mass is 599 g/mol. The van der Waals surface area contributed by atoms with Gasteiger partial charge in [-0.15, -0.1) is 0 Å². The van der Waals surface area contributed by atoms with Crippen LogP contribution < -0.4 is 9.73 Å². The molecule has 0 saturated carbocycles. The lowest BCUT2D eigenvalue weighted by Crippen LogP contribution is -2.39. The number of nitro groups is 1. The molecular formula is C27H23Cl2N5O5S. The zero-order valence-electron chi connectivity index (χ0n) is 21.3. The van der Waals surface area contributed by atoms with E-state index >= 15 is 0 Å². The molecule has 13 heteroatoms. The van der Waals surface area contributed by atoms with Gasteiger partial charge in [-0.2, -0.15) is 5.10 Å². The summed E-state index contributed by atoms with van der Waals surface area (Å²) in [6, 6.07) is 19.9. The zero-order chi connectivity index (χ0) is 29.0. The summed E-state index contributed by atoms with van der Waals surface area (Å²) in [5, 5.41) is 16.4. The van der Waals surface area contributed by atoms with Crippen molar-refractivity contribution < 1.29 is 18.1 Å². The first-order valence-corrected chi connectivity index (χ1v) is 14.0. The van der Waals surface area contributed by atoms with Crippen molar-refractivity contribution in [2.75, 3.05) is 10.8 Å². The predicted octanol–water partition coefficient (Wildman–Crippen LogP) is 5.65. The Bertz CT molecular complexity index is 1720. The summed E-state index contributed by atoms with van der Waals surface area (Å²) in [5.41, 5.74) is 5.11. The number of nitrogens with one attached hydrogen (secondary N) is 1. The number of hydrogen-bond donors (Lipinski definition) is 1. The summed E-state index contributed by atoms with van der Waals surface area (Å²) in [7, 11) is -4.49. The second-order valence-electron chi connectivity index (χ2n) is 8.63. The van der Waals surface area contributed by atoms with Crippen LogP contribution in [-0.4, -0.2) is 36.6 Å². The molecule has 0 saturated heterocycles. The summed E-state index contributed by atoms with van der Waals surface area (Å²) < 4.78 is 29.8.